The highest BCUT2D eigenvalue weighted by Crippen LogP contribution is 2.37. The number of hydrogen-bond acceptors (Lipinski definition) is 6. The number of benzene rings is 2. The summed E-state index contributed by atoms with van der Waals surface area (Å²) < 4.78 is 10.7. The highest BCUT2D eigenvalue weighted by molar-refractivity contribution is 5.69. The Morgan fingerprint density at radius 2 is 1.79 bits per heavy atom. The lowest BCUT2D eigenvalue weighted by Gasteiger charge is -2.23. The number of fused-ring (bicyclic) bond motifs is 1. The molecule has 6 nitrogen and oxygen atoms in total. The number of para-hydroxylation sites is 1. The van der Waals surface area contributed by atoms with Crippen LogP contribution in [0.2, 0.25) is 0 Å². The fraction of sp³-hybridized carbons (Fsp3) is 0.273. The van der Waals surface area contributed by atoms with Gasteiger partial charge in [-0.15, -0.1) is 0 Å². The average Bonchev–Trinajstić information content (AvgIpc) is 3.03. The number of anilines is 4. The second-order valence-electron chi connectivity index (χ2n) is 6.94. The van der Waals surface area contributed by atoms with Crippen molar-refractivity contribution in [3.63, 3.8) is 0 Å². The summed E-state index contributed by atoms with van der Waals surface area (Å²) in [5.41, 5.74) is 4.29. The van der Waals surface area contributed by atoms with Crippen LogP contribution in [0.15, 0.2) is 48.5 Å². The largest absolute Gasteiger partial charge is 0.493 e. The highest BCUT2D eigenvalue weighted by Gasteiger charge is 2.29. The van der Waals surface area contributed by atoms with E-state index in [2.05, 4.69) is 41.4 Å². The standard InChI is InChI=1S/C22H24N4O2/c1-14-11-21(24-17-9-10-19(27-3)20(13-17)28-4)25-22(23-14)26-15(2)12-16-7-5-6-8-18(16)26/h5-11,13,15H,12H2,1-4H3,(H,23,24,25). The fourth-order valence-electron chi connectivity index (χ4n) is 3.66. The van der Waals surface area contributed by atoms with Crippen LogP contribution in [0.4, 0.5) is 23.1 Å². The van der Waals surface area contributed by atoms with Crippen LogP contribution >= 0.6 is 0 Å². The third-order valence-electron chi connectivity index (χ3n) is 4.92. The van der Waals surface area contributed by atoms with Gasteiger partial charge in [0.05, 0.1) is 14.2 Å². The summed E-state index contributed by atoms with van der Waals surface area (Å²) in [7, 11) is 3.25. The minimum Gasteiger partial charge on any atom is -0.493 e. The number of ether oxygens (including phenoxy) is 2. The number of rotatable bonds is 5. The van der Waals surface area contributed by atoms with E-state index in [1.165, 1.54) is 11.3 Å². The lowest BCUT2D eigenvalue weighted by Crippen LogP contribution is -2.26. The molecule has 0 spiro atoms. The Morgan fingerprint density at radius 1 is 1.00 bits per heavy atom. The van der Waals surface area contributed by atoms with Crippen molar-refractivity contribution in [3.8, 4) is 11.5 Å². The topological polar surface area (TPSA) is 59.5 Å². The predicted octanol–water partition coefficient (Wildman–Crippen LogP) is 4.63. The van der Waals surface area contributed by atoms with Gasteiger partial charge in [0.15, 0.2) is 11.5 Å². The molecule has 0 saturated carbocycles. The normalized spacial score (nSPS) is 15.3. The van der Waals surface area contributed by atoms with Crippen molar-refractivity contribution in [1.82, 2.24) is 9.97 Å². The van der Waals surface area contributed by atoms with Gasteiger partial charge >= 0.3 is 0 Å². The summed E-state index contributed by atoms with van der Waals surface area (Å²) >= 11 is 0. The van der Waals surface area contributed by atoms with Crippen molar-refractivity contribution in [2.75, 3.05) is 24.4 Å². The van der Waals surface area contributed by atoms with Crippen LogP contribution in [0, 0.1) is 6.92 Å². The van der Waals surface area contributed by atoms with E-state index in [9.17, 15) is 0 Å². The van der Waals surface area contributed by atoms with Gasteiger partial charge in [-0.1, -0.05) is 18.2 Å². The second-order valence-corrected chi connectivity index (χ2v) is 6.94. The monoisotopic (exact) mass is 376 g/mol. The Morgan fingerprint density at radius 3 is 2.57 bits per heavy atom. The Bertz CT molecular complexity index is 1010. The average molecular weight is 376 g/mol. The molecule has 28 heavy (non-hydrogen) atoms. The summed E-state index contributed by atoms with van der Waals surface area (Å²) in [6.45, 7) is 4.19. The Labute approximate surface area is 165 Å². The summed E-state index contributed by atoms with van der Waals surface area (Å²) in [6.07, 6.45) is 0.992. The zero-order chi connectivity index (χ0) is 19.7. The molecule has 1 aliphatic rings. The Balaban J connectivity index is 1.67. The van der Waals surface area contributed by atoms with Crippen LogP contribution in [0.3, 0.4) is 0 Å². The quantitative estimate of drug-likeness (QED) is 0.701. The minimum atomic E-state index is 0.313. The molecule has 0 bridgehead atoms. The third-order valence-corrected chi connectivity index (χ3v) is 4.92. The zero-order valence-electron chi connectivity index (χ0n) is 16.6. The number of methoxy groups -OCH3 is 2. The van der Waals surface area contributed by atoms with Gasteiger partial charge in [-0.3, -0.25) is 0 Å². The molecule has 1 N–H and O–H groups in total. The third kappa shape index (κ3) is 3.33. The van der Waals surface area contributed by atoms with Gasteiger partial charge in [0.1, 0.15) is 5.82 Å². The maximum atomic E-state index is 5.39. The summed E-state index contributed by atoms with van der Waals surface area (Å²) in [5.74, 6) is 2.81. The molecule has 0 radical (unpaired) electrons. The summed E-state index contributed by atoms with van der Waals surface area (Å²) in [6, 6.07) is 16.4. The second kappa shape index (κ2) is 7.38. The van der Waals surface area contributed by atoms with Gasteiger partial charge in [0, 0.05) is 35.2 Å². The van der Waals surface area contributed by atoms with Crippen LogP contribution in [0.25, 0.3) is 0 Å². The van der Waals surface area contributed by atoms with E-state index in [0.29, 0.717) is 23.5 Å². The van der Waals surface area contributed by atoms with E-state index in [1.54, 1.807) is 14.2 Å². The first-order valence-corrected chi connectivity index (χ1v) is 9.31. The fourth-order valence-corrected chi connectivity index (χ4v) is 3.66. The van der Waals surface area contributed by atoms with Gasteiger partial charge in [-0.05, 0) is 44.0 Å². The summed E-state index contributed by atoms with van der Waals surface area (Å²) in [5, 5.41) is 3.36. The highest BCUT2D eigenvalue weighted by atomic mass is 16.5. The van der Waals surface area contributed by atoms with E-state index in [-0.39, 0.29) is 0 Å². The SMILES string of the molecule is COc1ccc(Nc2cc(C)nc(N3c4ccccc4CC3C)n2)cc1OC. The molecule has 1 aliphatic heterocycles. The first-order chi connectivity index (χ1) is 13.6. The van der Waals surface area contributed by atoms with Gasteiger partial charge in [0.25, 0.3) is 0 Å². The zero-order valence-corrected chi connectivity index (χ0v) is 16.6. The number of hydrogen-bond donors (Lipinski definition) is 1. The van der Waals surface area contributed by atoms with Gasteiger partial charge in [-0.2, -0.15) is 4.98 Å². The van der Waals surface area contributed by atoms with Crippen molar-refractivity contribution in [2.24, 2.45) is 0 Å². The van der Waals surface area contributed by atoms with Crippen molar-refractivity contribution < 1.29 is 9.47 Å². The summed E-state index contributed by atoms with van der Waals surface area (Å²) in [4.78, 5) is 11.7. The Hall–Kier alpha value is -3.28. The predicted molar refractivity (Wildman–Crippen MR) is 111 cm³/mol. The van der Waals surface area contributed by atoms with Crippen LogP contribution in [-0.4, -0.2) is 30.2 Å². The molecule has 0 amide bonds. The van der Waals surface area contributed by atoms with Crippen LogP contribution in [0.5, 0.6) is 11.5 Å². The van der Waals surface area contributed by atoms with E-state index in [0.717, 1.165) is 23.6 Å². The van der Waals surface area contributed by atoms with Crippen molar-refractivity contribution in [3.05, 3.63) is 59.8 Å². The van der Waals surface area contributed by atoms with Crippen LogP contribution < -0.4 is 19.7 Å². The maximum Gasteiger partial charge on any atom is 0.232 e. The van der Waals surface area contributed by atoms with Crippen molar-refractivity contribution in [1.29, 1.82) is 0 Å². The molecule has 4 rings (SSSR count). The van der Waals surface area contributed by atoms with Gasteiger partial charge in [-0.25, -0.2) is 4.98 Å². The number of aryl methyl sites for hydroxylation is 1. The van der Waals surface area contributed by atoms with Gasteiger partial charge < -0.3 is 19.7 Å². The number of aromatic nitrogens is 2. The number of nitrogens with one attached hydrogen (secondary N) is 1. The van der Waals surface area contributed by atoms with E-state index in [4.69, 9.17) is 19.4 Å². The Kier molecular flexibility index (Phi) is 4.77. The minimum absolute atomic E-state index is 0.313. The lowest BCUT2D eigenvalue weighted by atomic mass is 10.1. The molecule has 144 valence electrons. The maximum absolute atomic E-state index is 5.39. The van der Waals surface area contributed by atoms with Crippen molar-refractivity contribution in [2.45, 2.75) is 26.3 Å². The molecule has 1 aromatic heterocycles. The molecule has 6 heteroatoms. The molecular formula is C22H24N4O2. The van der Waals surface area contributed by atoms with E-state index < -0.39 is 0 Å². The molecule has 0 fully saturated rings. The molecule has 0 saturated heterocycles. The van der Waals surface area contributed by atoms with E-state index >= 15 is 0 Å². The molecule has 1 atom stereocenters. The molecule has 2 aromatic carbocycles. The lowest BCUT2D eigenvalue weighted by molar-refractivity contribution is 0.355. The van der Waals surface area contributed by atoms with Crippen molar-refractivity contribution >= 4 is 23.1 Å². The van der Waals surface area contributed by atoms with Gasteiger partial charge in [0.2, 0.25) is 5.95 Å². The molecule has 1 unspecified atom stereocenters. The molecular weight excluding hydrogens is 352 g/mol. The van der Waals surface area contributed by atoms with Crippen LogP contribution in [0.1, 0.15) is 18.2 Å². The van der Waals surface area contributed by atoms with Crippen LogP contribution in [-0.2, 0) is 6.42 Å². The number of nitrogens with zero attached hydrogens (tertiary/aromatic N) is 3. The first-order valence-electron chi connectivity index (χ1n) is 9.31. The smallest absolute Gasteiger partial charge is 0.232 e. The molecule has 2 heterocycles. The molecule has 0 aliphatic carbocycles. The van der Waals surface area contributed by atoms with E-state index in [1.807, 2.05) is 31.2 Å². The molecule has 3 aromatic rings. The first kappa shape index (κ1) is 18.1.